The lowest BCUT2D eigenvalue weighted by Gasteiger charge is -2.05. The average molecular weight is 196 g/mol. The van der Waals surface area contributed by atoms with E-state index in [1.54, 1.807) is 19.2 Å². The van der Waals surface area contributed by atoms with Crippen molar-refractivity contribution in [1.29, 1.82) is 0 Å². The minimum Gasteiger partial charge on any atom is -0.393 e. The summed E-state index contributed by atoms with van der Waals surface area (Å²) >= 11 is 0. The van der Waals surface area contributed by atoms with Crippen LogP contribution < -0.4 is 11.1 Å². The number of hydrogen-bond donors (Lipinski definition) is 3. The van der Waals surface area contributed by atoms with Crippen LogP contribution in [0.2, 0.25) is 0 Å². The topological polar surface area (TPSA) is 84.1 Å². The standard InChI is InChI=1S/C9H16N4O/c1-7(14)3-2-5-11-9-12-6-4-8(10)13-9/h4,6-7,14H,2-3,5H2,1H3,(H3,10,11,12,13). The normalized spacial score (nSPS) is 12.4. The third kappa shape index (κ3) is 4.04. The van der Waals surface area contributed by atoms with Crippen LogP contribution >= 0.6 is 0 Å². The molecule has 1 aromatic rings. The van der Waals surface area contributed by atoms with Gasteiger partial charge in [0, 0.05) is 12.7 Å². The van der Waals surface area contributed by atoms with Crippen LogP contribution in [-0.2, 0) is 0 Å². The number of rotatable bonds is 5. The zero-order valence-electron chi connectivity index (χ0n) is 8.27. The molecule has 0 amide bonds. The molecule has 78 valence electrons. The first kappa shape index (κ1) is 10.7. The van der Waals surface area contributed by atoms with Gasteiger partial charge in [0.05, 0.1) is 6.10 Å². The monoisotopic (exact) mass is 196 g/mol. The molecule has 1 heterocycles. The fourth-order valence-corrected chi connectivity index (χ4v) is 1.06. The van der Waals surface area contributed by atoms with Gasteiger partial charge in [0.15, 0.2) is 0 Å². The van der Waals surface area contributed by atoms with Gasteiger partial charge in [0.1, 0.15) is 5.82 Å². The molecule has 5 heteroatoms. The Morgan fingerprint density at radius 2 is 2.43 bits per heavy atom. The van der Waals surface area contributed by atoms with E-state index in [4.69, 9.17) is 10.8 Å². The quantitative estimate of drug-likeness (QED) is 0.601. The Morgan fingerprint density at radius 3 is 3.07 bits per heavy atom. The predicted octanol–water partition coefficient (Wildman–Crippen LogP) is 0.632. The van der Waals surface area contributed by atoms with Crippen molar-refractivity contribution in [3.63, 3.8) is 0 Å². The Bertz CT molecular complexity index is 277. The van der Waals surface area contributed by atoms with Gasteiger partial charge in [0.25, 0.3) is 0 Å². The number of nitrogen functional groups attached to an aromatic ring is 1. The molecular weight excluding hydrogens is 180 g/mol. The van der Waals surface area contributed by atoms with E-state index in [0.29, 0.717) is 11.8 Å². The highest BCUT2D eigenvalue weighted by atomic mass is 16.3. The summed E-state index contributed by atoms with van der Waals surface area (Å²) in [7, 11) is 0. The Morgan fingerprint density at radius 1 is 1.64 bits per heavy atom. The van der Waals surface area contributed by atoms with Crippen LogP contribution in [0.3, 0.4) is 0 Å². The summed E-state index contributed by atoms with van der Waals surface area (Å²) in [6, 6.07) is 1.64. The van der Waals surface area contributed by atoms with Crippen LogP contribution in [0.1, 0.15) is 19.8 Å². The lowest BCUT2D eigenvalue weighted by atomic mass is 10.2. The maximum Gasteiger partial charge on any atom is 0.224 e. The van der Waals surface area contributed by atoms with Crippen LogP contribution in [0.4, 0.5) is 11.8 Å². The van der Waals surface area contributed by atoms with Gasteiger partial charge in [-0.2, -0.15) is 4.98 Å². The molecule has 0 aliphatic heterocycles. The van der Waals surface area contributed by atoms with E-state index in [-0.39, 0.29) is 6.10 Å². The largest absolute Gasteiger partial charge is 0.393 e. The van der Waals surface area contributed by atoms with Crippen LogP contribution in [0.5, 0.6) is 0 Å². The summed E-state index contributed by atoms with van der Waals surface area (Å²) in [5, 5.41) is 12.0. The van der Waals surface area contributed by atoms with Crippen molar-refractivity contribution in [1.82, 2.24) is 9.97 Å². The molecule has 4 N–H and O–H groups in total. The van der Waals surface area contributed by atoms with Gasteiger partial charge >= 0.3 is 0 Å². The number of aromatic nitrogens is 2. The zero-order chi connectivity index (χ0) is 10.4. The summed E-state index contributed by atoms with van der Waals surface area (Å²) < 4.78 is 0. The number of aliphatic hydroxyl groups excluding tert-OH is 1. The van der Waals surface area contributed by atoms with Crippen molar-refractivity contribution < 1.29 is 5.11 Å². The lowest BCUT2D eigenvalue weighted by molar-refractivity contribution is 0.183. The van der Waals surface area contributed by atoms with E-state index in [0.717, 1.165) is 19.4 Å². The molecule has 0 aromatic carbocycles. The van der Waals surface area contributed by atoms with E-state index >= 15 is 0 Å². The number of anilines is 2. The van der Waals surface area contributed by atoms with Gasteiger partial charge in [-0.1, -0.05) is 0 Å². The molecule has 0 fully saturated rings. The maximum atomic E-state index is 9.01. The van der Waals surface area contributed by atoms with E-state index in [1.807, 2.05) is 0 Å². The molecule has 0 bridgehead atoms. The molecule has 14 heavy (non-hydrogen) atoms. The molecule has 1 rings (SSSR count). The minimum absolute atomic E-state index is 0.251. The Kier molecular flexibility index (Phi) is 4.12. The van der Waals surface area contributed by atoms with Crippen molar-refractivity contribution >= 4 is 11.8 Å². The van der Waals surface area contributed by atoms with Gasteiger partial charge in [-0.05, 0) is 25.8 Å². The summed E-state index contributed by atoms with van der Waals surface area (Å²) in [6.07, 6.45) is 3.02. The summed E-state index contributed by atoms with van der Waals surface area (Å²) in [5.74, 6) is 0.994. The first-order valence-corrected chi connectivity index (χ1v) is 4.69. The van der Waals surface area contributed by atoms with E-state index in [9.17, 15) is 0 Å². The first-order valence-electron chi connectivity index (χ1n) is 4.69. The van der Waals surface area contributed by atoms with Crippen LogP contribution in [-0.4, -0.2) is 27.7 Å². The molecule has 5 nitrogen and oxygen atoms in total. The van der Waals surface area contributed by atoms with Gasteiger partial charge < -0.3 is 16.2 Å². The Labute approximate surface area is 83.4 Å². The highest BCUT2D eigenvalue weighted by molar-refractivity contribution is 5.34. The molecule has 0 aliphatic rings. The first-order chi connectivity index (χ1) is 6.68. The SMILES string of the molecule is CC(O)CCCNc1nccc(N)n1. The molecule has 0 radical (unpaired) electrons. The zero-order valence-corrected chi connectivity index (χ0v) is 8.27. The molecule has 1 aromatic heterocycles. The fraction of sp³-hybridized carbons (Fsp3) is 0.556. The average Bonchev–Trinajstić information content (AvgIpc) is 2.12. The number of nitrogens with zero attached hydrogens (tertiary/aromatic N) is 2. The highest BCUT2D eigenvalue weighted by Crippen LogP contribution is 2.02. The smallest absolute Gasteiger partial charge is 0.224 e. The van der Waals surface area contributed by atoms with Crippen molar-refractivity contribution in [3.8, 4) is 0 Å². The second-order valence-corrected chi connectivity index (χ2v) is 3.22. The Balaban J connectivity index is 2.25. The third-order valence-electron chi connectivity index (χ3n) is 1.76. The van der Waals surface area contributed by atoms with Crippen LogP contribution in [0.25, 0.3) is 0 Å². The third-order valence-corrected chi connectivity index (χ3v) is 1.76. The minimum atomic E-state index is -0.251. The molecule has 1 atom stereocenters. The molecule has 0 saturated heterocycles. The summed E-state index contributed by atoms with van der Waals surface area (Å²) in [6.45, 7) is 2.52. The highest BCUT2D eigenvalue weighted by Gasteiger charge is 1.97. The van der Waals surface area contributed by atoms with Gasteiger partial charge in [-0.25, -0.2) is 4.98 Å². The maximum absolute atomic E-state index is 9.01. The van der Waals surface area contributed by atoms with Crippen molar-refractivity contribution in [3.05, 3.63) is 12.3 Å². The van der Waals surface area contributed by atoms with E-state index in [2.05, 4.69) is 15.3 Å². The predicted molar refractivity (Wildman–Crippen MR) is 55.8 cm³/mol. The van der Waals surface area contributed by atoms with Crippen LogP contribution in [0, 0.1) is 0 Å². The van der Waals surface area contributed by atoms with Gasteiger partial charge in [0.2, 0.25) is 5.95 Å². The second kappa shape index (κ2) is 5.39. The molecule has 0 spiro atoms. The number of hydrogen-bond acceptors (Lipinski definition) is 5. The number of nitrogens with two attached hydrogens (primary N) is 1. The molecule has 0 aliphatic carbocycles. The molecule has 1 unspecified atom stereocenters. The van der Waals surface area contributed by atoms with Crippen molar-refractivity contribution in [2.75, 3.05) is 17.6 Å². The molecular formula is C9H16N4O. The van der Waals surface area contributed by atoms with Crippen molar-refractivity contribution in [2.45, 2.75) is 25.9 Å². The number of aliphatic hydroxyl groups is 1. The van der Waals surface area contributed by atoms with Crippen molar-refractivity contribution in [2.24, 2.45) is 0 Å². The van der Waals surface area contributed by atoms with Gasteiger partial charge in [-0.15, -0.1) is 0 Å². The van der Waals surface area contributed by atoms with E-state index < -0.39 is 0 Å². The second-order valence-electron chi connectivity index (χ2n) is 3.22. The van der Waals surface area contributed by atoms with Crippen LogP contribution in [0.15, 0.2) is 12.3 Å². The van der Waals surface area contributed by atoms with E-state index in [1.165, 1.54) is 0 Å². The lowest BCUT2D eigenvalue weighted by Crippen LogP contribution is -2.09. The van der Waals surface area contributed by atoms with Gasteiger partial charge in [-0.3, -0.25) is 0 Å². The fourth-order valence-electron chi connectivity index (χ4n) is 1.06. The molecule has 0 saturated carbocycles. The Hall–Kier alpha value is -1.36. The number of nitrogens with one attached hydrogen (secondary N) is 1. The summed E-state index contributed by atoms with van der Waals surface area (Å²) in [4.78, 5) is 7.97. The summed E-state index contributed by atoms with van der Waals surface area (Å²) in [5.41, 5.74) is 5.48.